The van der Waals surface area contributed by atoms with Crippen molar-refractivity contribution < 1.29 is 23.0 Å². The highest BCUT2D eigenvalue weighted by Crippen LogP contribution is 2.22. The van der Waals surface area contributed by atoms with Crippen molar-refractivity contribution in [1.82, 2.24) is 14.3 Å². The number of methoxy groups -OCH3 is 2. The zero-order valence-corrected chi connectivity index (χ0v) is 19.8. The molecule has 0 unspecified atom stereocenters. The summed E-state index contributed by atoms with van der Waals surface area (Å²) < 4.78 is 39.1. The lowest BCUT2D eigenvalue weighted by Gasteiger charge is -2.27. The normalized spacial score (nSPS) is 12.5. The maximum atomic E-state index is 13.6. The van der Waals surface area contributed by atoms with E-state index in [1.54, 1.807) is 50.9 Å². The van der Waals surface area contributed by atoms with Gasteiger partial charge in [0.2, 0.25) is 10.0 Å². The van der Waals surface area contributed by atoms with Crippen molar-refractivity contribution in [3.05, 3.63) is 83.4 Å². The molecule has 0 saturated heterocycles. The van der Waals surface area contributed by atoms with Crippen LogP contribution in [0.1, 0.15) is 22.5 Å². The minimum Gasteiger partial charge on any atom is -0.497 e. The SMILES string of the molecule is COc1ccc(CN(Cc2ccc(OC)cc2)S(=O)(=O)[C@@H](CO)Cc2ncc(C)cn2)cc1. The van der Waals surface area contributed by atoms with E-state index in [4.69, 9.17) is 9.47 Å². The first-order valence-electron chi connectivity index (χ1n) is 10.5. The van der Waals surface area contributed by atoms with Crippen LogP contribution in [0, 0.1) is 6.92 Å². The van der Waals surface area contributed by atoms with Crippen LogP contribution in [0.2, 0.25) is 0 Å². The molecule has 0 fully saturated rings. The maximum absolute atomic E-state index is 13.6. The lowest BCUT2D eigenvalue weighted by atomic mass is 10.2. The number of hydrogen-bond acceptors (Lipinski definition) is 7. The molecule has 0 aliphatic rings. The number of aliphatic hydroxyl groups is 1. The Hall–Kier alpha value is -3.01. The maximum Gasteiger partial charge on any atom is 0.220 e. The Morgan fingerprint density at radius 2 is 1.33 bits per heavy atom. The molecule has 0 saturated carbocycles. The van der Waals surface area contributed by atoms with Gasteiger partial charge in [0.05, 0.1) is 20.8 Å². The zero-order chi connectivity index (χ0) is 23.8. The van der Waals surface area contributed by atoms with Crippen LogP contribution in [0.15, 0.2) is 60.9 Å². The highest BCUT2D eigenvalue weighted by molar-refractivity contribution is 7.89. The van der Waals surface area contributed by atoms with Gasteiger partial charge in [-0.25, -0.2) is 18.4 Å². The Morgan fingerprint density at radius 1 is 0.879 bits per heavy atom. The third-order valence-corrected chi connectivity index (χ3v) is 7.40. The van der Waals surface area contributed by atoms with E-state index in [1.807, 2.05) is 31.2 Å². The molecular formula is C24H29N3O5S. The van der Waals surface area contributed by atoms with Gasteiger partial charge in [0.1, 0.15) is 22.6 Å². The first-order chi connectivity index (χ1) is 15.8. The summed E-state index contributed by atoms with van der Waals surface area (Å²) in [4.78, 5) is 8.42. The van der Waals surface area contributed by atoms with Crippen LogP contribution in [0.3, 0.4) is 0 Å². The molecule has 1 N–H and O–H groups in total. The zero-order valence-electron chi connectivity index (χ0n) is 19.0. The third-order valence-electron chi connectivity index (χ3n) is 5.27. The highest BCUT2D eigenvalue weighted by atomic mass is 32.2. The molecule has 3 aromatic rings. The molecule has 1 heterocycles. The molecular weight excluding hydrogens is 442 g/mol. The van der Waals surface area contributed by atoms with Crippen molar-refractivity contribution in [2.75, 3.05) is 20.8 Å². The van der Waals surface area contributed by atoms with Gasteiger partial charge in [0.15, 0.2) is 0 Å². The summed E-state index contributed by atoms with van der Waals surface area (Å²) in [5.41, 5.74) is 2.48. The summed E-state index contributed by atoms with van der Waals surface area (Å²) in [5, 5.41) is 8.93. The van der Waals surface area contributed by atoms with Gasteiger partial charge in [-0.2, -0.15) is 4.31 Å². The number of aryl methyl sites for hydroxylation is 1. The second-order valence-electron chi connectivity index (χ2n) is 7.69. The smallest absolute Gasteiger partial charge is 0.220 e. The Morgan fingerprint density at radius 3 is 1.73 bits per heavy atom. The molecule has 33 heavy (non-hydrogen) atoms. The molecule has 8 nitrogen and oxygen atoms in total. The van der Waals surface area contributed by atoms with Crippen molar-refractivity contribution in [2.24, 2.45) is 0 Å². The number of benzene rings is 2. The number of nitrogens with zero attached hydrogens (tertiary/aromatic N) is 3. The minimum absolute atomic E-state index is 0.0147. The number of hydrogen-bond donors (Lipinski definition) is 1. The number of sulfonamides is 1. The van der Waals surface area contributed by atoms with E-state index in [2.05, 4.69) is 9.97 Å². The summed E-state index contributed by atoms with van der Waals surface area (Å²) in [6.45, 7) is 1.60. The molecule has 3 rings (SSSR count). The Balaban J connectivity index is 1.90. The van der Waals surface area contributed by atoms with Crippen LogP contribution >= 0.6 is 0 Å². The Bertz CT molecular complexity index is 1070. The van der Waals surface area contributed by atoms with Crippen LogP contribution in [0.5, 0.6) is 11.5 Å². The first kappa shape index (κ1) is 24.6. The average Bonchev–Trinajstić information content (AvgIpc) is 2.84. The standard InChI is InChI=1S/C24H29N3O5S/c1-18-13-25-24(26-14-18)12-23(17-28)33(29,30)27(15-19-4-8-21(31-2)9-5-19)16-20-6-10-22(32-3)11-7-20/h4-11,13-14,23,28H,12,15-17H2,1-3H3/t23-/m1/s1. The predicted octanol–water partition coefficient (Wildman–Crippen LogP) is 2.74. The fraction of sp³-hybridized carbons (Fsp3) is 0.333. The Kier molecular flexibility index (Phi) is 8.37. The first-order valence-corrected chi connectivity index (χ1v) is 12.0. The number of aliphatic hydroxyl groups excluding tert-OH is 1. The van der Waals surface area contributed by atoms with Crippen molar-refractivity contribution >= 4 is 10.0 Å². The van der Waals surface area contributed by atoms with Crippen LogP contribution in [-0.2, 0) is 29.5 Å². The summed E-state index contributed by atoms with van der Waals surface area (Å²) in [7, 11) is -0.753. The van der Waals surface area contributed by atoms with E-state index in [9.17, 15) is 13.5 Å². The van der Waals surface area contributed by atoms with Crippen molar-refractivity contribution in [3.8, 4) is 11.5 Å². The fourth-order valence-corrected chi connectivity index (χ4v) is 4.94. The van der Waals surface area contributed by atoms with Gasteiger partial charge in [0.25, 0.3) is 0 Å². The number of ether oxygens (including phenoxy) is 2. The predicted molar refractivity (Wildman–Crippen MR) is 126 cm³/mol. The van der Waals surface area contributed by atoms with Crippen LogP contribution in [-0.4, -0.2) is 53.9 Å². The molecule has 0 aliphatic heterocycles. The summed E-state index contributed by atoms with van der Waals surface area (Å²) in [5.74, 6) is 1.75. The van der Waals surface area contributed by atoms with Crippen LogP contribution in [0.4, 0.5) is 0 Å². The van der Waals surface area contributed by atoms with Crippen molar-refractivity contribution in [1.29, 1.82) is 0 Å². The van der Waals surface area contributed by atoms with E-state index < -0.39 is 21.9 Å². The van der Waals surface area contributed by atoms with Gasteiger partial charge >= 0.3 is 0 Å². The summed E-state index contributed by atoms with van der Waals surface area (Å²) >= 11 is 0. The largest absolute Gasteiger partial charge is 0.497 e. The molecule has 9 heteroatoms. The molecule has 2 aromatic carbocycles. The molecule has 176 valence electrons. The topological polar surface area (TPSA) is 102 Å². The third kappa shape index (κ3) is 6.50. The minimum atomic E-state index is -3.91. The van der Waals surface area contributed by atoms with Crippen LogP contribution in [0.25, 0.3) is 0 Å². The number of aromatic nitrogens is 2. The van der Waals surface area contributed by atoms with E-state index >= 15 is 0 Å². The lowest BCUT2D eigenvalue weighted by Crippen LogP contribution is -2.41. The lowest BCUT2D eigenvalue weighted by molar-refractivity contribution is 0.279. The average molecular weight is 472 g/mol. The van der Waals surface area contributed by atoms with Crippen LogP contribution < -0.4 is 9.47 Å². The van der Waals surface area contributed by atoms with Gasteiger partial charge < -0.3 is 14.6 Å². The summed E-state index contributed by atoms with van der Waals surface area (Å²) in [6.07, 6.45) is 3.28. The summed E-state index contributed by atoms with van der Waals surface area (Å²) in [6, 6.07) is 14.5. The van der Waals surface area contributed by atoms with E-state index in [1.165, 1.54) is 4.31 Å². The van der Waals surface area contributed by atoms with Crippen molar-refractivity contribution in [2.45, 2.75) is 31.7 Å². The van der Waals surface area contributed by atoms with Gasteiger partial charge in [-0.1, -0.05) is 24.3 Å². The van der Waals surface area contributed by atoms with Gasteiger partial charge in [0, 0.05) is 31.9 Å². The van der Waals surface area contributed by atoms with E-state index in [-0.39, 0.29) is 19.5 Å². The number of rotatable bonds is 11. The molecule has 0 spiro atoms. The van der Waals surface area contributed by atoms with E-state index in [0.717, 1.165) is 16.7 Å². The molecule has 0 radical (unpaired) electrons. The molecule has 0 bridgehead atoms. The molecule has 0 amide bonds. The molecule has 1 atom stereocenters. The fourth-order valence-electron chi connectivity index (χ4n) is 3.31. The molecule has 0 aliphatic carbocycles. The van der Waals surface area contributed by atoms with Gasteiger partial charge in [-0.05, 0) is 47.9 Å². The van der Waals surface area contributed by atoms with Gasteiger partial charge in [-0.15, -0.1) is 0 Å². The van der Waals surface area contributed by atoms with Crippen molar-refractivity contribution in [3.63, 3.8) is 0 Å². The second kappa shape index (κ2) is 11.2. The van der Waals surface area contributed by atoms with Gasteiger partial charge in [-0.3, -0.25) is 0 Å². The Labute approximate surface area is 194 Å². The molecule has 1 aromatic heterocycles. The van der Waals surface area contributed by atoms with E-state index in [0.29, 0.717) is 17.3 Å². The monoisotopic (exact) mass is 471 g/mol. The highest BCUT2D eigenvalue weighted by Gasteiger charge is 2.33. The second-order valence-corrected chi connectivity index (χ2v) is 9.91. The quantitative estimate of drug-likeness (QED) is 0.459.